The summed E-state index contributed by atoms with van der Waals surface area (Å²) in [7, 11) is 0. The predicted molar refractivity (Wildman–Crippen MR) is 78.6 cm³/mol. The largest absolute Gasteiger partial charge is 0.368 e. The molecule has 0 spiro atoms. The van der Waals surface area contributed by atoms with Crippen molar-refractivity contribution in [1.82, 2.24) is 5.32 Å². The summed E-state index contributed by atoms with van der Waals surface area (Å²) in [5, 5.41) is 24.9. The number of nitro groups is 1. The highest BCUT2D eigenvalue weighted by Crippen LogP contribution is 2.25. The normalized spacial score (nSPS) is 11.5. The number of amides is 1. The fourth-order valence-electron chi connectivity index (χ4n) is 1.90. The van der Waals surface area contributed by atoms with Gasteiger partial charge in [0.2, 0.25) is 5.91 Å². The van der Waals surface area contributed by atoms with Crippen LogP contribution in [0.1, 0.15) is 20.3 Å². The molecule has 1 atom stereocenters. The molecule has 0 saturated carbocycles. The molecule has 1 rings (SSSR count). The van der Waals surface area contributed by atoms with E-state index in [1.807, 2.05) is 19.9 Å². The van der Waals surface area contributed by atoms with Crippen LogP contribution >= 0.6 is 0 Å². The number of benzene rings is 1. The number of carbonyl (C=O) groups is 1. The van der Waals surface area contributed by atoms with Gasteiger partial charge in [-0.1, -0.05) is 26.0 Å². The van der Waals surface area contributed by atoms with E-state index in [0.717, 1.165) is 0 Å². The van der Waals surface area contributed by atoms with E-state index in [4.69, 9.17) is 5.26 Å². The second-order valence-corrected chi connectivity index (χ2v) is 4.98. The van der Waals surface area contributed by atoms with E-state index in [2.05, 4.69) is 10.6 Å². The second kappa shape index (κ2) is 7.85. The number of nitrogens with one attached hydrogen (secondary N) is 2. The summed E-state index contributed by atoms with van der Waals surface area (Å²) in [5.41, 5.74) is 0.208. The van der Waals surface area contributed by atoms with E-state index in [9.17, 15) is 14.9 Å². The zero-order valence-corrected chi connectivity index (χ0v) is 12.0. The minimum atomic E-state index is -0.626. The number of para-hydroxylation sites is 2. The molecule has 1 aromatic carbocycles. The standard InChI is InChI=1S/C14H18N4O3/c1-10(2)9-12(14(19)16-8-7-15)17-11-5-3-4-6-13(11)18(20)21/h3-6,10,12,17H,8-9H2,1-2H3,(H,16,19)/t12-/m0/s1. The predicted octanol–water partition coefficient (Wildman–Crippen LogP) is 2.06. The van der Waals surface area contributed by atoms with Gasteiger partial charge in [0.1, 0.15) is 18.3 Å². The van der Waals surface area contributed by atoms with Crippen LogP contribution in [0.2, 0.25) is 0 Å². The number of hydrogen-bond donors (Lipinski definition) is 2. The molecular formula is C14H18N4O3. The number of hydrogen-bond acceptors (Lipinski definition) is 5. The Kier molecular flexibility index (Phi) is 6.14. The maximum atomic E-state index is 12.0. The van der Waals surface area contributed by atoms with Crippen molar-refractivity contribution in [3.63, 3.8) is 0 Å². The van der Waals surface area contributed by atoms with Crippen LogP contribution in [0.25, 0.3) is 0 Å². The first-order valence-electron chi connectivity index (χ1n) is 6.60. The van der Waals surface area contributed by atoms with Crippen LogP contribution in [0, 0.1) is 27.4 Å². The Bertz CT molecular complexity index is 551. The Hall–Kier alpha value is -2.62. The zero-order chi connectivity index (χ0) is 15.8. The molecule has 1 amide bonds. The van der Waals surface area contributed by atoms with E-state index in [1.54, 1.807) is 18.2 Å². The van der Waals surface area contributed by atoms with Crippen LogP contribution in [0.5, 0.6) is 0 Å². The molecule has 2 N–H and O–H groups in total. The number of anilines is 1. The van der Waals surface area contributed by atoms with Gasteiger partial charge in [0.05, 0.1) is 11.0 Å². The summed E-state index contributed by atoms with van der Waals surface area (Å²) in [4.78, 5) is 22.5. The minimum Gasteiger partial charge on any atom is -0.368 e. The highest BCUT2D eigenvalue weighted by atomic mass is 16.6. The summed E-state index contributed by atoms with van der Waals surface area (Å²) in [6.45, 7) is 3.81. The van der Waals surface area contributed by atoms with Crippen molar-refractivity contribution in [2.75, 3.05) is 11.9 Å². The summed E-state index contributed by atoms with van der Waals surface area (Å²) < 4.78 is 0. The molecule has 0 aliphatic rings. The van der Waals surface area contributed by atoms with Gasteiger partial charge in [0.25, 0.3) is 5.69 Å². The van der Waals surface area contributed by atoms with E-state index < -0.39 is 11.0 Å². The molecule has 0 heterocycles. The molecule has 7 nitrogen and oxygen atoms in total. The van der Waals surface area contributed by atoms with Gasteiger partial charge in [-0.15, -0.1) is 0 Å². The van der Waals surface area contributed by atoms with Crippen LogP contribution < -0.4 is 10.6 Å². The van der Waals surface area contributed by atoms with Gasteiger partial charge in [-0.2, -0.15) is 5.26 Å². The van der Waals surface area contributed by atoms with Crippen molar-refractivity contribution in [2.45, 2.75) is 26.3 Å². The first-order valence-corrected chi connectivity index (χ1v) is 6.60. The lowest BCUT2D eigenvalue weighted by Crippen LogP contribution is -2.40. The molecule has 112 valence electrons. The van der Waals surface area contributed by atoms with Crippen molar-refractivity contribution in [3.05, 3.63) is 34.4 Å². The molecule has 0 aliphatic heterocycles. The number of carbonyl (C=O) groups excluding carboxylic acids is 1. The van der Waals surface area contributed by atoms with Crippen LogP contribution in [0.4, 0.5) is 11.4 Å². The van der Waals surface area contributed by atoms with Crippen LogP contribution in [0.3, 0.4) is 0 Å². The molecule has 1 aromatic rings. The molecule has 0 aromatic heterocycles. The number of nitrogens with zero attached hydrogens (tertiary/aromatic N) is 2. The van der Waals surface area contributed by atoms with Gasteiger partial charge in [-0.3, -0.25) is 14.9 Å². The zero-order valence-electron chi connectivity index (χ0n) is 12.0. The number of nitro benzene ring substituents is 1. The molecule has 0 bridgehead atoms. The molecule has 21 heavy (non-hydrogen) atoms. The Morgan fingerprint density at radius 2 is 2.10 bits per heavy atom. The van der Waals surface area contributed by atoms with E-state index in [0.29, 0.717) is 12.1 Å². The van der Waals surface area contributed by atoms with Crippen LogP contribution in [-0.4, -0.2) is 23.4 Å². The highest BCUT2D eigenvalue weighted by molar-refractivity contribution is 5.85. The SMILES string of the molecule is CC(C)C[C@H](Nc1ccccc1[N+](=O)[O-])C(=O)NCC#N. The quantitative estimate of drug-likeness (QED) is 0.454. The van der Waals surface area contributed by atoms with E-state index in [1.165, 1.54) is 6.07 Å². The molecule has 7 heteroatoms. The fourth-order valence-corrected chi connectivity index (χ4v) is 1.90. The molecule has 0 aliphatic carbocycles. The lowest BCUT2D eigenvalue weighted by atomic mass is 10.0. The van der Waals surface area contributed by atoms with Crippen LogP contribution in [-0.2, 0) is 4.79 Å². The minimum absolute atomic E-state index is 0.0839. The fraction of sp³-hybridized carbons (Fsp3) is 0.429. The molecule has 0 fully saturated rings. The molecule has 0 unspecified atom stereocenters. The molecule has 0 radical (unpaired) electrons. The molecule has 0 saturated heterocycles. The van der Waals surface area contributed by atoms with E-state index in [-0.39, 0.29) is 24.1 Å². The lowest BCUT2D eigenvalue weighted by molar-refractivity contribution is -0.384. The second-order valence-electron chi connectivity index (χ2n) is 4.98. The van der Waals surface area contributed by atoms with Crippen LogP contribution in [0.15, 0.2) is 24.3 Å². The average molecular weight is 290 g/mol. The maximum absolute atomic E-state index is 12.0. The summed E-state index contributed by atoms with van der Waals surface area (Å²) >= 11 is 0. The summed E-state index contributed by atoms with van der Waals surface area (Å²) in [6, 6.07) is 7.37. The highest BCUT2D eigenvalue weighted by Gasteiger charge is 2.22. The monoisotopic (exact) mass is 290 g/mol. The smallest absolute Gasteiger partial charge is 0.292 e. The van der Waals surface area contributed by atoms with Crippen molar-refractivity contribution in [2.24, 2.45) is 5.92 Å². The molecular weight excluding hydrogens is 272 g/mol. The van der Waals surface area contributed by atoms with Gasteiger partial charge in [-0.25, -0.2) is 0 Å². The van der Waals surface area contributed by atoms with Crippen molar-refractivity contribution >= 4 is 17.3 Å². The van der Waals surface area contributed by atoms with Gasteiger partial charge in [0.15, 0.2) is 0 Å². The topological polar surface area (TPSA) is 108 Å². The van der Waals surface area contributed by atoms with Crippen molar-refractivity contribution in [3.8, 4) is 6.07 Å². The van der Waals surface area contributed by atoms with E-state index >= 15 is 0 Å². The first kappa shape index (κ1) is 16.4. The first-order chi connectivity index (χ1) is 9.95. The summed E-state index contributed by atoms with van der Waals surface area (Å²) in [6.07, 6.45) is 0.503. The van der Waals surface area contributed by atoms with Crippen molar-refractivity contribution < 1.29 is 9.72 Å². The Morgan fingerprint density at radius 1 is 1.43 bits per heavy atom. The number of rotatable bonds is 7. The maximum Gasteiger partial charge on any atom is 0.292 e. The van der Waals surface area contributed by atoms with Gasteiger partial charge in [0, 0.05) is 6.07 Å². The van der Waals surface area contributed by atoms with Gasteiger partial charge >= 0.3 is 0 Å². The third-order valence-electron chi connectivity index (χ3n) is 2.80. The Balaban J connectivity index is 2.93. The summed E-state index contributed by atoms with van der Waals surface area (Å²) in [5.74, 6) is -0.124. The average Bonchev–Trinajstić information content (AvgIpc) is 2.43. The Morgan fingerprint density at radius 3 is 2.67 bits per heavy atom. The third kappa shape index (κ3) is 5.10. The van der Waals surface area contributed by atoms with Gasteiger partial charge in [-0.05, 0) is 18.4 Å². The lowest BCUT2D eigenvalue weighted by Gasteiger charge is -2.20. The third-order valence-corrected chi connectivity index (χ3v) is 2.80. The Labute approximate surface area is 123 Å². The van der Waals surface area contributed by atoms with Crippen molar-refractivity contribution in [1.29, 1.82) is 5.26 Å². The van der Waals surface area contributed by atoms with Gasteiger partial charge < -0.3 is 10.6 Å². The number of nitriles is 1.